The molecule has 0 aliphatic heterocycles. The van der Waals surface area contributed by atoms with E-state index in [0.29, 0.717) is 0 Å². The summed E-state index contributed by atoms with van der Waals surface area (Å²) in [6.45, 7) is 6.19. The summed E-state index contributed by atoms with van der Waals surface area (Å²) in [5.41, 5.74) is -0.150. The summed E-state index contributed by atoms with van der Waals surface area (Å²) in [7, 11) is 0. The van der Waals surface area contributed by atoms with Crippen molar-refractivity contribution in [2.24, 2.45) is 0 Å². The van der Waals surface area contributed by atoms with Crippen LogP contribution >= 0.6 is 0 Å². The summed E-state index contributed by atoms with van der Waals surface area (Å²) in [6.07, 6.45) is 0. The molecule has 0 aliphatic carbocycles. The van der Waals surface area contributed by atoms with Crippen molar-refractivity contribution in [2.75, 3.05) is 0 Å². The SMILES string of the molecule is [C-]#[N+]Cc1c(F)cccc1F. The Morgan fingerprint density at radius 2 is 1.82 bits per heavy atom. The van der Waals surface area contributed by atoms with Crippen LogP contribution in [0, 0.1) is 18.2 Å². The second kappa shape index (κ2) is 3.11. The highest BCUT2D eigenvalue weighted by atomic mass is 19.1. The molecule has 0 saturated heterocycles. The summed E-state index contributed by atoms with van der Waals surface area (Å²) in [5, 5.41) is 0. The molecule has 0 saturated carbocycles. The topological polar surface area (TPSA) is 4.36 Å². The van der Waals surface area contributed by atoms with Crippen molar-refractivity contribution >= 4 is 0 Å². The highest BCUT2D eigenvalue weighted by Crippen LogP contribution is 2.12. The summed E-state index contributed by atoms with van der Waals surface area (Å²) in [4.78, 5) is 2.90. The molecule has 0 heterocycles. The fraction of sp³-hybridized carbons (Fsp3) is 0.125. The zero-order valence-corrected chi connectivity index (χ0v) is 5.64. The van der Waals surface area contributed by atoms with Gasteiger partial charge in [0.25, 0.3) is 0 Å². The minimum Gasteiger partial charge on any atom is -0.312 e. The molecule has 11 heavy (non-hydrogen) atoms. The van der Waals surface area contributed by atoms with Crippen molar-refractivity contribution in [3.05, 3.63) is 46.8 Å². The molecule has 0 fully saturated rings. The molecular formula is C8H5F2N. The fourth-order valence-electron chi connectivity index (χ4n) is 0.762. The van der Waals surface area contributed by atoms with E-state index >= 15 is 0 Å². The molecule has 1 rings (SSSR count). The Morgan fingerprint density at radius 3 is 2.27 bits per heavy atom. The van der Waals surface area contributed by atoms with Crippen molar-refractivity contribution in [2.45, 2.75) is 6.54 Å². The van der Waals surface area contributed by atoms with Gasteiger partial charge in [-0.05, 0) is 12.1 Å². The molecule has 1 aromatic rings. The van der Waals surface area contributed by atoms with Gasteiger partial charge in [-0.25, -0.2) is 15.4 Å². The van der Waals surface area contributed by atoms with Crippen LogP contribution in [0.5, 0.6) is 0 Å². The van der Waals surface area contributed by atoms with E-state index in [9.17, 15) is 8.78 Å². The Balaban J connectivity index is 3.12. The quantitative estimate of drug-likeness (QED) is 0.545. The van der Waals surface area contributed by atoms with Crippen LogP contribution in [0.25, 0.3) is 4.85 Å². The van der Waals surface area contributed by atoms with Gasteiger partial charge >= 0.3 is 0 Å². The number of hydrogen-bond acceptors (Lipinski definition) is 0. The molecule has 0 aromatic heterocycles. The third kappa shape index (κ3) is 1.53. The zero-order chi connectivity index (χ0) is 8.27. The van der Waals surface area contributed by atoms with Crippen molar-refractivity contribution in [3.63, 3.8) is 0 Å². The molecule has 1 aromatic carbocycles. The van der Waals surface area contributed by atoms with E-state index in [0.717, 1.165) is 12.1 Å². The van der Waals surface area contributed by atoms with E-state index in [1.54, 1.807) is 0 Å². The molecule has 0 atom stereocenters. The molecule has 0 aliphatic rings. The van der Waals surface area contributed by atoms with Crippen LogP contribution in [-0.4, -0.2) is 0 Å². The predicted octanol–water partition coefficient (Wildman–Crippen LogP) is 2.38. The Kier molecular flexibility index (Phi) is 2.17. The molecule has 3 heteroatoms. The summed E-state index contributed by atoms with van der Waals surface area (Å²) in [5.74, 6) is -1.30. The Bertz CT molecular complexity index is 281. The van der Waals surface area contributed by atoms with Crippen LogP contribution in [0.4, 0.5) is 8.78 Å². The summed E-state index contributed by atoms with van der Waals surface area (Å²) < 4.78 is 25.3. The normalized spacial score (nSPS) is 9.18. The summed E-state index contributed by atoms with van der Waals surface area (Å²) in [6, 6.07) is 3.56. The molecular weight excluding hydrogens is 148 g/mol. The maximum atomic E-state index is 12.7. The van der Waals surface area contributed by atoms with E-state index in [1.165, 1.54) is 6.07 Å². The number of benzene rings is 1. The monoisotopic (exact) mass is 153 g/mol. The number of hydrogen-bond donors (Lipinski definition) is 0. The lowest BCUT2D eigenvalue weighted by Gasteiger charge is -1.95. The van der Waals surface area contributed by atoms with Crippen LogP contribution in [0.1, 0.15) is 5.56 Å². The van der Waals surface area contributed by atoms with Crippen LogP contribution in [0.2, 0.25) is 0 Å². The fourth-order valence-corrected chi connectivity index (χ4v) is 0.762. The minimum absolute atomic E-state index is 0.150. The number of nitrogens with zero attached hydrogens (tertiary/aromatic N) is 1. The van der Waals surface area contributed by atoms with Gasteiger partial charge in [-0.3, -0.25) is 0 Å². The van der Waals surface area contributed by atoms with E-state index in [4.69, 9.17) is 6.57 Å². The van der Waals surface area contributed by atoms with Gasteiger partial charge in [-0.2, -0.15) is 0 Å². The van der Waals surface area contributed by atoms with E-state index in [-0.39, 0.29) is 12.1 Å². The zero-order valence-electron chi connectivity index (χ0n) is 5.64. The first kappa shape index (κ1) is 7.67. The highest BCUT2D eigenvalue weighted by Gasteiger charge is 2.09. The van der Waals surface area contributed by atoms with Gasteiger partial charge in [0.15, 0.2) is 0 Å². The third-order valence-corrected chi connectivity index (χ3v) is 1.30. The molecule has 0 radical (unpaired) electrons. The second-order valence-electron chi connectivity index (χ2n) is 2.02. The number of rotatable bonds is 1. The molecule has 1 nitrogen and oxygen atoms in total. The second-order valence-corrected chi connectivity index (χ2v) is 2.02. The third-order valence-electron chi connectivity index (χ3n) is 1.30. The average molecular weight is 153 g/mol. The molecule has 0 spiro atoms. The number of halogens is 2. The van der Waals surface area contributed by atoms with Crippen molar-refractivity contribution < 1.29 is 8.78 Å². The van der Waals surface area contributed by atoms with Gasteiger partial charge in [0.05, 0.1) is 0 Å². The molecule has 0 N–H and O–H groups in total. The van der Waals surface area contributed by atoms with Gasteiger partial charge in [-0.15, -0.1) is 0 Å². The summed E-state index contributed by atoms with van der Waals surface area (Å²) >= 11 is 0. The first-order chi connectivity index (χ1) is 5.25. The largest absolute Gasteiger partial charge is 0.312 e. The van der Waals surface area contributed by atoms with Crippen LogP contribution in [0.15, 0.2) is 18.2 Å². The van der Waals surface area contributed by atoms with Crippen LogP contribution in [0.3, 0.4) is 0 Å². The highest BCUT2D eigenvalue weighted by molar-refractivity contribution is 5.20. The van der Waals surface area contributed by atoms with Crippen LogP contribution < -0.4 is 0 Å². The molecule has 0 amide bonds. The lowest BCUT2D eigenvalue weighted by molar-refractivity contribution is 0.562. The first-order valence-electron chi connectivity index (χ1n) is 3.02. The van der Waals surface area contributed by atoms with Crippen molar-refractivity contribution in [1.82, 2.24) is 0 Å². The van der Waals surface area contributed by atoms with Gasteiger partial charge in [0, 0.05) is 0 Å². The van der Waals surface area contributed by atoms with Gasteiger partial charge in [0.2, 0.25) is 6.54 Å². The minimum atomic E-state index is -0.652. The van der Waals surface area contributed by atoms with E-state index in [1.807, 2.05) is 0 Å². The van der Waals surface area contributed by atoms with Crippen molar-refractivity contribution in [3.8, 4) is 0 Å². The van der Waals surface area contributed by atoms with Gasteiger partial charge in [-0.1, -0.05) is 6.07 Å². The molecule has 0 bridgehead atoms. The molecule has 0 unspecified atom stereocenters. The Labute approximate surface area is 63.1 Å². The predicted molar refractivity (Wildman–Crippen MR) is 36.7 cm³/mol. The van der Waals surface area contributed by atoms with Crippen LogP contribution in [-0.2, 0) is 6.54 Å². The lowest BCUT2D eigenvalue weighted by Crippen LogP contribution is -1.91. The average Bonchev–Trinajstić information content (AvgIpc) is 1.97. The lowest BCUT2D eigenvalue weighted by atomic mass is 10.2. The van der Waals surface area contributed by atoms with E-state index < -0.39 is 11.6 Å². The standard InChI is InChI=1S/C8H5F2N/c1-11-5-6-7(9)3-2-4-8(6)10/h2-4H,5H2. The van der Waals surface area contributed by atoms with Gasteiger partial charge < -0.3 is 4.85 Å². The molecule has 56 valence electrons. The van der Waals surface area contributed by atoms with Crippen molar-refractivity contribution in [1.29, 1.82) is 0 Å². The Morgan fingerprint density at radius 1 is 1.27 bits per heavy atom. The first-order valence-corrected chi connectivity index (χ1v) is 3.02. The van der Waals surface area contributed by atoms with E-state index in [2.05, 4.69) is 4.85 Å². The van der Waals surface area contributed by atoms with Gasteiger partial charge in [0.1, 0.15) is 17.2 Å². The smallest absolute Gasteiger partial charge is 0.245 e. The maximum absolute atomic E-state index is 12.7. The Hall–Kier alpha value is -1.43. The maximum Gasteiger partial charge on any atom is 0.245 e.